The molecule has 0 unspecified atom stereocenters. The fraction of sp³-hybridized carbons (Fsp3) is 0.500. The first-order valence-corrected chi connectivity index (χ1v) is 6.67. The first-order valence-electron chi connectivity index (χ1n) is 4.47. The summed E-state index contributed by atoms with van der Waals surface area (Å²) in [5.74, 6) is 0.764. The van der Waals surface area contributed by atoms with Crippen LogP contribution in [0.1, 0.15) is 6.92 Å². The van der Waals surface area contributed by atoms with Gasteiger partial charge in [0.1, 0.15) is 5.82 Å². The molecule has 0 radical (unpaired) electrons. The maximum atomic E-state index is 11.1. The number of anilines is 1. The number of halogens is 1. The minimum atomic E-state index is -2.93. The Bertz CT molecular complexity index is 404. The Labute approximate surface area is 93.8 Å². The summed E-state index contributed by atoms with van der Waals surface area (Å²) in [6.07, 6.45) is 0. The van der Waals surface area contributed by atoms with Crippen molar-refractivity contribution in [2.24, 2.45) is 0 Å². The summed E-state index contributed by atoms with van der Waals surface area (Å²) >= 11 is 5.54. The van der Waals surface area contributed by atoms with Gasteiger partial charge in [-0.25, -0.2) is 8.42 Å². The summed E-state index contributed by atoms with van der Waals surface area (Å²) in [6.45, 7) is 1.95. The average molecular weight is 250 g/mol. The molecule has 84 valence electrons. The van der Waals surface area contributed by atoms with Crippen molar-refractivity contribution < 1.29 is 8.42 Å². The van der Waals surface area contributed by atoms with Crippen molar-refractivity contribution in [2.45, 2.75) is 6.92 Å². The van der Waals surface area contributed by atoms with Gasteiger partial charge in [0.05, 0.1) is 5.75 Å². The molecule has 1 N–H and O–H groups in total. The second kappa shape index (κ2) is 5.27. The van der Waals surface area contributed by atoms with Crippen LogP contribution in [0, 0.1) is 0 Å². The Hall–Kier alpha value is -0.880. The smallest absolute Gasteiger partial charge is 0.151 e. The average Bonchev–Trinajstić information content (AvgIpc) is 2.21. The van der Waals surface area contributed by atoms with Crippen LogP contribution in [0.4, 0.5) is 5.82 Å². The van der Waals surface area contributed by atoms with E-state index < -0.39 is 9.84 Å². The molecule has 0 aliphatic heterocycles. The maximum absolute atomic E-state index is 11.1. The number of hydrogen-bond donors (Lipinski definition) is 1. The van der Waals surface area contributed by atoms with Crippen molar-refractivity contribution in [2.75, 3.05) is 23.4 Å². The van der Waals surface area contributed by atoms with Gasteiger partial charge in [0.15, 0.2) is 15.0 Å². The highest BCUT2D eigenvalue weighted by atomic mass is 35.5. The molecule has 0 aromatic carbocycles. The van der Waals surface area contributed by atoms with Crippen molar-refractivity contribution >= 4 is 27.3 Å². The van der Waals surface area contributed by atoms with E-state index in [4.69, 9.17) is 11.6 Å². The van der Waals surface area contributed by atoms with E-state index in [1.54, 1.807) is 19.1 Å². The molecule has 7 heteroatoms. The normalized spacial score (nSPS) is 11.3. The molecule has 0 spiro atoms. The number of nitrogens with one attached hydrogen (secondary N) is 1. The van der Waals surface area contributed by atoms with Crippen molar-refractivity contribution in [3.05, 3.63) is 17.3 Å². The highest BCUT2D eigenvalue weighted by Gasteiger charge is 2.06. The molecule has 1 heterocycles. The number of hydrogen-bond acceptors (Lipinski definition) is 5. The van der Waals surface area contributed by atoms with E-state index >= 15 is 0 Å². The molecular formula is C8H12ClN3O2S. The molecule has 15 heavy (non-hydrogen) atoms. The molecule has 0 fully saturated rings. The van der Waals surface area contributed by atoms with E-state index in [0.717, 1.165) is 0 Å². The molecular weight excluding hydrogens is 238 g/mol. The minimum absolute atomic E-state index is 0.0911. The fourth-order valence-electron chi connectivity index (χ4n) is 0.889. The highest BCUT2D eigenvalue weighted by molar-refractivity contribution is 7.91. The first kappa shape index (κ1) is 12.2. The lowest BCUT2D eigenvalue weighted by molar-refractivity contribution is 0.597. The third-order valence-corrected chi connectivity index (χ3v) is 3.70. The van der Waals surface area contributed by atoms with Crippen molar-refractivity contribution in [3.63, 3.8) is 0 Å². The second-order valence-electron chi connectivity index (χ2n) is 2.90. The molecule has 1 aromatic heterocycles. The van der Waals surface area contributed by atoms with Crippen LogP contribution in [0.15, 0.2) is 12.1 Å². The number of aromatic nitrogens is 2. The van der Waals surface area contributed by atoms with Crippen LogP contribution < -0.4 is 5.32 Å². The van der Waals surface area contributed by atoms with Gasteiger partial charge in [0, 0.05) is 12.3 Å². The highest BCUT2D eigenvalue weighted by Crippen LogP contribution is 2.05. The zero-order valence-electron chi connectivity index (χ0n) is 8.27. The predicted octanol–water partition coefficient (Wildman–Crippen LogP) is 0.977. The van der Waals surface area contributed by atoms with Gasteiger partial charge >= 0.3 is 0 Å². The van der Waals surface area contributed by atoms with Crippen molar-refractivity contribution in [1.82, 2.24) is 10.2 Å². The van der Waals surface area contributed by atoms with E-state index in [-0.39, 0.29) is 11.5 Å². The molecule has 1 rings (SSSR count). The first-order chi connectivity index (χ1) is 7.03. The van der Waals surface area contributed by atoms with Crippen LogP contribution in [0.3, 0.4) is 0 Å². The van der Waals surface area contributed by atoms with Gasteiger partial charge in [0.2, 0.25) is 0 Å². The number of nitrogens with zero attached hydrogens (tertiary/aromatic N) is 2. The van der Waals surface area contributed by atoms with Crippen molar-refractivity contribution in [1.29, 1.82) is 0 Å². The molecule has 0 amide bonds. The van der Waals surface area contributed by atoms with Crippen LogP contribution in [0.5, 0.6) is 0 Å². The van der Waals surface area contributed by atoms with E-state index in [1.807, 2.05) is 0 Å². The largest absolute Gasteiger partial charge is 0.368 e. The van der Waals surface area contributed by atoms with E-state index in [9.17, 15) is 8.42 Å². The lowest BCUT2D eigenvalue weighted by atomic mass is 10.5. The molecule has 0 atom stereocenters. The molecule has 0 saturated carbocycles. The zero-order chi connectivity index (χ0) is 11.3. The van der Waals surface area contributed by atoms with Crippen LogP contribution in [0.2, 0.25) is 5.15 Å². The summed E-state index contributed by atoms with van der Waals surface area (Å²) in [7, 11) is -2.93. The molecule has 0 bridgehead atoms. The summed E-state index contributed by atoms with van der Waals surface area (Å²) in [6, 6.07) is 3.24. The van der Waals surface area contributed by atoms with Gasteiger partial charge in [-0.2, -0.15) is 0 Å². The third kappa shape index (κ3) is 4.44. The van der Waals surface area contributed by atoms with Crippen LogP contribution in [-0.4, -0.2) is 36.7 Å². The summed E-state index contributed by atoms with van der Waals surface area (Å²) in [5, 5.41) is 10.5. The van der Waals surface area contributed by atoms with E-state index in [0.29, 0.717) is 17.5 Å². The molecule has 0 saturated heterocycles. The topological polar surface area (TPSA) is 72.0 Å². The second-order valence-corrected chi connectivity index (χ2v) is 5.76. The van der Waals surface area contributed by atoms with E-state index in [2.05, 4.69) is 15.5 Å². The maximum Gasteiger partial charge on any atom is 0.151 e. The predicted molar refractivity (Wildman–Crippen MR) is 59.9 cm³/mol. The molecule has 0 aliphatic carbocycles. The Morgan fingerprint density at radius 1 is 1.40 bits per heavy atom. The van der Waals surface area contributed by atoms with Gasteiger partial charge in [-0.05, 0) is 12.1 Å². The lowest BCUT2D eigenvalue weighted by Crippen LogP contribution is -2.17. The van der Waals surface area contributed by atoms with E-state index in [1.165, 1.54) is 0 Å². The van der Waals surface area contributed by atoms with Gasteiger partial charge in [-0.3, -0.25) is 0 Å². The van der Waals surface area contributed by atoms with Gasteiger partial charge in [-0.1, -0.05) is 18.5 Å². The molecule has 5 nitrogen and oxygen atoms in total. The van der Waals surface area contributed by atoms with Crippen LogP contribution in [-0.2, 0) is 9.84 Å². The Morgan fingerprint density at radius 3 is 2.67 bits per heavy atom. The summed E-state index contributed by atoms with van der Waals surface area (Å²) in [4.78, 5) is 0. The molecule has 0 aliphatic rings. The van der Waals surface area contributed by atoms with Crippen LogP contribution >= 0.6 is 11.6 Å². The van der Waals surface area contributed by atoms with Crippen molar-refractivity contribution in [3.8, 4) is 0 Å². The Morgan fingerprint density at radius 2 is 2.13 bits per heavy atom. The third-order valence-electron chi connectivity index (χ3n) is 1.79. The van der Waals surface area contributed by atoms with Crippen LogP contribution in [0.25, 0.3) is 0 Å². The minimum Gasteiger partial charge on any atom is -0.368 e. The Kier molecular flexibility index (Phi) is 4.28. The number of sulfone groups is 1. The quantitative estimate of drug-likeness (QED) is 0.842. The fourth-order valence-corrected chi connectivity index (χ4v) is 1.69. The van der Waals surface area contributed by atoms with Gasteiger partial charge in [0.25, 0.3) is 0 Å². The van der Waals surface area contributed by atoms with Gasteiger partial charge in [-0.15, -0.1) is 10.2 Å². The monoisotopic (exact) mass is 249 g/mol. The number of rotatable bonds is 5. The SMILES string of the molecule is CCS(=O)(=O)CCNc1ccc(Cl)nn1. The standard InChI is InChI=1S/C8H12ClN3O2S/c1-2-15(13,14)6-5-10-8-4-3-7(9)11-12-8/h3-4H,2,5-6H2,1H3,(H,10,12). The zero-order valence-corrected chi connectivity index (χ0v) is 9.85. The molecule has 1 aromatic rings. The summed E-state index contributed by atoms with van der Waals surface area (Å²) < 4.78 is 22.3. The summed E-state index contributed by atoms with van der Waals surface area (Å²) in [5.41, 5.74) is 0. The Balaban J connectivity index is 2.42. The van der Waals surface area contributed by atoms with Gasteiger partial charge < -0.3 is 5.32 Å². The lowest BCUT2D eigenvalue weighted by Gasteiger charge is -2.04.